The molecule has 1 aromatic heterocycles. The van der Waals surface area contributed by atoms with Gasteiger partial charge >= 0.3 is 11.9 Å². The number of nitrogens with zero attached hydrogens (tertiary/aromatic N) is 1. The largest absolute Gasteiger partial charge is 0.480 e. The normalized spacial score (nSPS) is 12.1. The summed E-state index contributed by atoms with van der Waals surface area (Å²) in [5.41, 5.74) is 0. The van der Waals surface area contributed by atoms with Gasteiger partial charge in [-0.25, -0.2) is 9.78 Å². The van der Waals surface area contributed by atoms with Crippen molar-refractivity contribution in [3.63, 3.8) is 0 Å². The van der Waals surface area contributed by atoms with E-state index < -0.39 is 17.9 Å². The molecule has 6 heteroatoms. The molecule has 0 aliphatic rings. The number of hydrogen-bond acceptors (Lipinski definition) is 4. The van der Waals surface area contributed by atoms with Crippen molar-refractivity contribution < 1.29 is 19.1 Å². The van der Waals surface area contributed by atoms with E-state index in [9.17, 15) is 9.59 Å². The van der Waals surface area contributed by atoms with Crippen LogP contribution in [-0.4, -0.2) is 28.0 Å². The number of aromatic nitrogens is 1. The van der Waals surface area contributed by atoms with E-state index in [-0.39, 0.29) is 5.89 Å². The van der Waals surface area contributed by atoms with Gasteiger partial charge in [-0.1, -0.05) is 6.92 Å². The molecule has 1 amide bonds. The Kier molecular flexibility index (Phi) is 3.22. The van der Waals surface area contributed by atoms with Crippen molar-refractivity contribution in [3.05, 3.63) is 18.4 Å². The number of nitrogens with one attached hydrogen (secondary N) is 1. The maximum absolute atomic E-state index is 11.2. The molecule has 0 aliphatic carbocycles. The summed E-state index contributed by atoms with van der Waals surface area (Å²) in [7, 11) is 0. The highest BCUT2D eigenvalue weighted by molar-refractivity contribution is 5.92. The third kappa shape index (κ3) is 2.32. The lowest BCUT2D eigenvalue weighted by Crippen LogP contribution is -2.40. The molecule has 0 spiro atoms. The van der Waals surface area contributed by atoms with Crippen LogP contribution in [0.1, 0.15) is 24.0 Å². The molecule has 1 unspecified atom stereocenters. The number of carboxylic acids is 1. The molecule has 0 aromatic carbocycles. The highest BCUT2D eigenvalue weighted by atomic mass is 16.4. The summed E-state index contributed by atoms with van der Waals surface area (Å²) in [6.07, 6.45) is 2.87. The Balaban J connectivity index is 2.60. The molecule has 1 heterocycles. The summed E-state index contributed by atoms with van der Waals surface area (Å²) in [6.45, 7) is 1.66. The second-order valence-corrected chi connectivity index (χ2v) is 2.61. The Bertz CT molecular complexity index is 320. The molecule has 14 heavy (non-hydrogen) atoms. The maximum atomic E-state index is 11.2. The summed E-state index contributed by atoms with van der Waals surface area (Å²) in [5, 5.41) is 10.9. The van der Waals surface area contributed by atoms with Gasteiger partial charge in [0.15, 0.2) is 0 Å². The van der Waals surface area contributed by atoms with Crippen LogP contribution in [-0.2, 0) is 4.79 Å². The van der Waals surface area contributed by atoms with Crippen LogP contribution in [0.5, 0.6) is 0 Å². The van der Waals surface area contributed by atoms with E-state index in [4.69, 9.17) is 9.52 Å². The average Bonchev–Trinajstić information content (AvgIpc) is 2.65. The number of hydrogen-bond donors (Lipinski definition) is 2. The van der Waals surface area contributed by atoms with Crippen LogP contribution >= 0.6 is 0 Å². The molecule has 76 valence electrons. The van der Waals surface area contributed by atoms with Crippen LogP contribution in [0.15, 0.2) is 16.9 Å². The van der Waals surface area contributed by atoms with Gasteiger partial charge in [0.05, 0.1) is 6.20 Å². The number of carbonyl (C=O) groups excluding carboxylic acids is 1. The van der Waals surface area contributed by atoms with E-state index in [1.165, 1.54) is 12.5 Å². The molecular weight excluding hydrogens is 188 g/mol. The Labute approximate surface area is 79.9 Å². The molecule has 1 aromatic rings. The molecule has 1 atom stereocenters. The summed E-state index contributed by atoms with van der Waals surface area (Å²) >= 11 is 0. The first-order chi connectivity index (χ1) is 6.65. The van der Waals surface area contributed by atoms with Crippen molar-refractivity contribution in [1.29, 1.82) is 0 Å². The van der Waals surface area contributed by atoms with Crippen molar-refractivity contribution in [2.75, 3.05) is 0 Å². The van der Waals surface area contributed by atoms with E-state index in [2.05, 4.69) is 10.3 Å². The molecule has 0 saturated carbocycles. The van der Waals surface area contributed by atoms with Crippen molar-refractivity contribution >= 4 is 11.9 Å². The average molecular weight is 198 g/mol. The fraction of sp³-hybridized carbons (Fsp3) is 0.375. The Morgan fingerprint density at radius 3 is 2.86 bits per heavy atom. The monoisotopic (exact) mass is 198 g/mol. The van der Waals surface area contributed by atoms with Crippen LogP contribution in [0.3, 0.4) is 0 Å². The van der Waals surface area contributed by atoms with Gasteiger partial charge in [-0.3, -0.25) is 4.79 Å². The van der Waals surface area contributed by atoms with Gasteiger partial charge in [0.25, 0.3) is 5.89 Å². The van der Waals surface area contributed by atoms with Crippen LogP contribution in [0.25, 0.3) is 0 Å². The third-order valence-corrected chi connectivity index (χ3v) is 1.64. The number of carboxylic acid groups (broad SMARTS) is 1. The van der Waals surface area contributed by atoms with Crippen molar-refractivity contribution in [2.24, 2.45) is 0 Å². The first-order valence-corrected chi connectivity index (χ1v) is 4.08. The van der Waals surface area contributed by atoms with Crippen LogP contribution in [0, 0.1) is 0 Å². The van der Waals surface area contributed by atoms with Gasteiger partial charge in [0.1, 0.15) is 12.3 Å². The van der Waals surface area contributed by atoms with Crippen LogP contribution in [0.2, 0.25) is 0 Å². The maximum Gasteiger partial charge on any atom is 0.326 e. The predicted molar refractivity (Wildman–Crippen MR) is 45.7 cm³/mol. The second kappa shape index (κ2) is 4.40. The molecule has 6 nitrogen and oxygen atoms in total. The lowest BCUT2D eigenvalue weighted by molar-refractivity contribution is -0.139. The Morgan fingerprint density at radius 1 is 1.71 bits per heavy atom. The number of oxazole rings is 1. The van der Waals surface area contributed by atoms with E-state index in [1.807, 2.05) is 0 Å². The van der Waals surface area contributed by atoms with E-state index >= 15 is 0 Å². The summed E-state index contributed by atoms with van der Waals surface area (Å²) in [4.78, 5) is 25.4. The summed E-state index contributed by atoms with van der Waals surface area (Å²) in [6, 6.07) is -0.908. The van der Waals surface area contributed by atoms with Crippen molar-refractivity contribution in [2.45, 2.75) is 19.4 Å². The van der Waals surface area contributed by atoms with Gasteiger partial charge in [-0.2, -0.15) is 0 Å². The Morgan fingerprint density at radius 2 is 2.43 bits per heavy atom. The standard InChI is InChI=1S/C8H10N2O4/c1-2-5(8(12)13)10-6(11)7-9-3-4-14-7/h3-5H,2H2,1H3,(H,10,11)(H,12,13). The SMILES string of the molecule is CCC(NC(=O)c1ncco1)C(=O)O. The van der Waals surface area contributed by atoms with E-state index in [0.29, 0.717) is 6.42 Å². The minimum Gasteiger partial charge on any atom is -0.480 e. The van der Waals surface area contributed by atoms with Gasteiger partial charge in [-0.05, 0) is 6.42 Å². The molecule has 1 rings (SSSR count). The smallest absolute Gasteiger partial charge is 0.326 e. The molecular formula is C8H10N2O4. The van der Waals surface area contributed by atoms with E-state index in [1.54, 1.807) is 6.92 Å². The number of amides is 1. The minimum atomic E-state index is -1.08. The zero-order chi connectivity index (χ0) is 10.6. The summed E-state index contributed by atoms with van der Waals surface area (Å²) in [5.74, 6) is -1.83. The van der Waals surface area contributed by atoms with Crippen LogP contribution < -0.4 is 5.32 Å². The van der Waals surface area contributed by atoms with Gasteiger partial charge in [-0.15, -0.1) is 0 Å². The highest BCUT2D eigenvalue weighted by Gasteiger charge is 2.20. The Hall–Kier alpha value is -1.85. The summed E-state index contributed by atoms with van der Waals surface area (Å²) < 4.78 is 4.70. The zero-order valence-corrected chi connectivity index (χ0v) is 7.56. The molecule has 0 bridgehead atoms. The first-order valence-electron chi connectivity index (χ1n) is 4.08. The molecule has 0 saturated heterocycles. The number of aliphatic carboxylic acids is 1. The van der Waals surface area contributed by atoms with Gasteiger partial charge in [0.2, 0.25) is 0 Å². The number of carbonyl (C=O) groups is 2. The topological polar surface area (TPSA) is 92.4 Å². The second-order valence-electron chi connectivity index (χ2n) is 2.61. The lowest BCUT2D eigenvalue weighted by Gasteiger charge is -2.09. The van der Waals surface area contributed by atoms with Gasteiger partial charge < -0.3 is 14.8 Å². The van der Waals surface area contributed by atoms with Crippen molar-refractivity contribution in [3.8, 4) is 0 Å². The molecule has 0 radical (unpaired) electrons. The van der Waals surface area contributed by atoms with Crippen molar-refractivity contribution in [1.82, 2.24) is 10.3 Å². The van der Waals surface area contributed by atoms with Crippen LogP contribution in [0.4, 0.5) is 0 Å². The molecule has 0 aliphatic heterocycles. The zero-order valence-electron chi connectivity index (χ0n) is 7.56. The minimum absolute atomic E-state index is 0.135. The van der Waals surface area contributed by atoms with E-state index in [0.717, 1.165) is 0 Å². The predicted octanol–water partition coefficient (Wildman–Crippen LogP) is 0.268. The highest BCUT2D eigenvalue weighted by Crippen LogP contribution is 1.97. The fourth-order valence-electron chi connectivity index (χ4n) is 0.894. The first kappa shape index (κ1) is 10.2. The third-order valence-electron chi connectivity index (χ3n) is 1.64. The van der Waals surface area contributed by atoms with Gasteiger partial charge in [0, 0.05) is 0 Å². The molecule has 0 fully saturated rings. The lowest BCUT2D eigenvalue weighted by atomic mass is 10.2. The molecule has 2 N–H and O–H groups in total. The quantitative estimate of drug-likeness (QED) is 0.724. The fourth-order valence-corrected chi connectivity index (χ4v) is 0.894. The number of rotatable bonds is 4.